The number of hydrogen-bond acceptors (Lipinski definition) is 5. The molecule has 0 saturated heterocycles. The SMILES string of the molecule is CCCCCCC(C)Nc1cc(C(=O)OC)c(N)cn1. The standard InChI is InChI=1S/C15H25N3O2/c1-4-5-6-7-8-11(2)18-14-9-12(15(19)20-3)13(16)10-17-14/h9-11H,4-8,16H2,1-3H3,(H,17,18). The molecule has 0 radical (unpaired) electrons. The van der Waals surface area contributed by atoms with Crippen LogP contribution in [0.3, 0.4) is 0 Å². The van der Waals surface area contributed by atoms with E-state index in [9.17, 15) is 4.79 Å². The molecule has 1 atom stereocenters. The molecule has 1 unspecified atom stereocenters. The molecule has 0 amide bonds. The van der Waals surface area contributed by atoms with E-state index in [2.05, 4.69) is 24.1 Å². The van der Waals surface area contributed by atoms with Crippen molar-refractivity contribution in [1.29, 1.82) is 0 Å². The summed E-state index contributed by atoms with van der Waals surface area (Å²) in [6.07, 6.45) is 7.53. The highest BCUT2D eigenvalue weighted by Gasteiger charge is 2.12. The summed E-state index contributed by atoms with van der Waals surface area (Å²) in [5.74, 6) is 0.214. The summed E-state index contributed by atoms with van der Waals surface area (Å²) in [5.41, 5.74) is 6.40. The van der Waals surface area contributed by atoms with Crippen LogP contribution >= 0.6 is 0 Å². The van der Waals surface area contributed by atoms with Gasteiger partial charge in [0.05, 0.1) is 24.6 Å². The number of rotatable bonds is 8. The van der Waals surface area contributed by atoms with Gasteiger partial charge >= 0.3 is 5.97 Å². The Hall–Kier alpha value is -1.78. The van der Waals surface area contributed by atoms with Crippen LogP contribution in [-0.2, 0) is 4.74 Å². The van der Waals surface area contributed by atoms with Crippen molar-refractivity contribution in [3.63, 3.8) is 0 Å². The van der Waals surface area contributed by atoms with Crippen molar-refractivity contribution in [3.8, 4) is 0 Å². The molecule has 5 heteroatoms. The lowest BCUT2D eigenvalue weighted by Gasteiger charge is -2.15. The lowest BCUT2D eigenvalue weighted by atomic mass is 10.1. The number of nitrogens with two attached hydrogens (primary N) is 1. The van der Waals surface area contributed by atoms with E-state index >= 15 is 0 Å². The Morgan fingerprint density at radius 2 is 2.20 bits per heavy atom. The van der Waals surface area contributed by atoms with Crippen molar-refractivity contribution in [2.24, 2.45) is 0 Å². The Bertz CT molecular complexity index is 435. The van der Waals surface area contributed by atoms with Gasteiger partial charge in [-0.05, 0) is 19.4 Å². The number of hydrogen-bond donors (Lipinski definition) is 2. The van der Waals surface area contributed by atoms with Crippen LogP contribution in [0.1, 0.15) is 56.3 Å². The largest absolute Gasteiger partial charge is 0.465 e. The fraction of sp³-hybridized carbons (Fsp3) is 0.600. The molecule has 0 aliphatic carbocycles. The molecule has 3 N–H and O–H groups in total. The van der Waals surface area contributed by atoms with Crippen molar-refractivity contribution in [1.82, 2.24) is 4.98 Å². The number of unbranched alkanes of at least 4 members (excludes halogenated alkanes) is 3. The Morgan fingerprint density at radius 1 is 1.45 bits per heavy atom. The van der Waals surface area contributed by atoms with Crippen molar-refractivity contribution < 1.29 is 9.53 Å². The molecule has 1 rings (SSSR count). The van der Waals surface area contributed by atoms with E-state index in [0.717, 1.165) is 6.42 Å². The molecular formula is C15H25N3O2. The van der Waals surface area contributed by atoms with Gasteiger partial charge in [-0.3, -0.25) is 0 Å². The van der Waals surface area contributed by atoms with Gasteiger partial charge in [0.2, 0.25) is 0 Å². The van der Waals surface area contributed by atoms with Crippen molar-refractivity contribution >= 4 is 17.5 Å². The summed E-state index contributed by atoms with van der Waals surface area (Å²) >= 11 is 0. The third kappa shape index (κ3) is 5.07. The van der Waals surface area contributed by atoms with Gasteiger partial charge < -0.3 is 15.8 Å². The second-order valence-corrected chi connectivity index (χ2v) is 5.04. The van der Waals surface area contributed by atoms with E-state index in [0.29, 0.717) is 23.1 Å². The summed E-state index contributed by atoms with van der Waals surface area (Å²) in [4.78, 5) is 15.8. The van der Waals surface area contributed by atoms with Crippen LogP contribution in [0.15, 0.2) is 12.3 Å². The van der Waals surface area contributed by atoms with Gasteiger partial charge in [0.1, 0.15) is 5.82 Å². The highest BCUT2D eigenvalue weighted by Crippen LogP contribution is 2.17. The Morgan fingerprint density at radius 3 is 2.85 bits per heavy atom. The molecule has 0 spiro atoms. The molecule has 1 aromatic heterocycles. The van der Waals surface area contributed by atoms with E-state index in [1.165, 1.54) is 39.0 Å². The number of nitrogens with zero attached hydrogens (tertiary/aromatic N) is 1. The molecule has 0 bridgehead atoms. The van der Waals surface area contributed by atoms with E-state index in [-0.39, 0.29) is 0 Å². The molecule has 20 heavy (non-hydrogen) atoms. The fourth-order valence-corrected chi connectivity index (χ4v) is 2.03. The highest BCUT2D eigenvalue weighted by atomic mass is 16.5. The van der Waals surface area contributed by atoms with Gasteiger partial charge in [-0.15, -0.1) is 0 Å². The lowest BCUT2D eigenvalue weighted by Crippen LogP contribution is -2.17. The Kier molecular flexibility index (Phi) is 6.84. The van der Waals surface area contributed by atoms with Crippen LogP contribution in [0.4, 0.5) is 11.5 Å². The minimum Gasteiger partial charge on any atom is -0.465 e. The number of carbonyl (C=O) groups is 1. The average Bonchev–Trinajstić information content (AvgIpc) is 2.45. The number of carbonyl (C=O) groups excluding carboxylic acids is 1. The van der Waals surface area contributed by atoms with Crippen LogP contribution in [0.5, 0.6) is 0 Å². The number of anilines is 2. The topological polar surface area (TPSA) is 77.2 Å². The smallest absolute Gasteiger partial charge is 0.340 e. The number of nitrogens with one attached hydrogen (secondary N) is 1. The minimum atomic E-state index is -0.441. The maximum absolute atomic E-state index is 11.6. The summed E-state index contributed by atoms with van der Waals surface area (Å²) in [6, 6.07) is 1.96. The van der Waals surface area contributed by atoms with Crippen molar-refractivity contribution in [3.05, 3.63) is 17.8 Å². The van der Waals surface area contributed by atoms with Gasteiger partial charge in [-0.2, -0.15) is 0 Å². The van der Waals surface area contributed by atoms with Gasteiger partial charge in [0, 0.05) is 6.04 Å². The quantitative estimate of drug-likeness (QED) is 0.564. The number of ether oxygens (including phenoxy) is 1. The fourth-order valence-electron chi connectivity index (χ4n) is 2.03. The third-order valence-electron chi connectivity index (χ3n) is 3.23. The molecular weight excluding hydrogens is 254 g/mol. The third-order valence-corrected chi connectivity index (χ3v) is 3.23. The average molecular weight is 279 g/mol. The van der Waals surface area contributed by atoms with E-state index in [1.807, 2.05) is 0 Å². The van der Waals surface area contributed by atoms with Crippen LogP contribution in [0.2, 0.25) is 0 Å². The first-order chi connectivity index (χ1) is 9.58. The van der Waals surface area contributed by atoms with E-state index in [4.69, 9.17) is 10.5 Å². The molecule has 0 aromatic carbocycles. The highest BCUT2D eigenvalue weighted by molar-refractivity contribution is 5.95. The Balaban J connectivity index is 2.57. The van der Waals surface area contributed by atoms with Crippen LogP contribution < -0.4 is 11.1 Å². The normalized spacial score (nSPS) is 11.9. The lowest BCUT2D eigenvalue weighted by molar-refractivity contribution is 0.0602. The maximum Gasteiger partial charge on any atom is 0.340 e. The minimum absolute atomic E-state index is 0.313. The second kappa shape index (κ2) is 8.40. The number of nitrogen functional groups attached to an aromatic ring is 1. The van der Waals surface area contributed by atoms with Crippen LogP contribution in [0.25, 0.3) is 0 Å². The van der Waals surface area contributed by atoms with E-state index < -0.39 is 5.97 Å². The first kappa shape index (κ1) is 16.3. The molecule has 1 aromatic rings. The zero-order valence-electron chi connectivity index (χ0n) is 12.6. The number of esters is 1. The number of aromatic nitrogens is 1. The molecule has 1 heterocycles. The molecule has 0 aliphatic rings. The predicted octanol–water partition coefficient (Wildman–Crippen LogP) is 3.22. The monoisotopic (exact) mass is 279 g/mol. The van der Waals surface area contributed by atoms with Crippen molar-refractivity contribution in [2.75, 3.05) is 18.2 Å². The summed E-state index contributed by atoms with van der Waals surface area (Å²) in [6.45, 7) is 4.32. The van der Waals surface area contributed by atoms with Crippen LogP contribution in [0, 0.1) is 0 Å². The molecule has 0 saturated carbocycles. The maximum atomic E-state index is 11.6. The van der Waals surface area contributed by atoms with Gasteiger partial charge in [0.15, 0.2) is 0 Å². The number of pyridine rings is 1. The molecule has 5 nitrogen and oxygen atoms in total. The zero-order valence-corrected chi connectivity index (χ0v) is 12.6. The second-order valence-electron chi connectivity index (χ2n) is 5.04. The summed E-state index contributed by atoms with van der Waals surface area (Å²) in [5, 5.41) is 3.29. The molecule has 0 aliphatic heterocycles. The zero-order chi connectivity index (χ0) is 15.0. The number of methoxy groups -OCH3 is 1. The summed E-state index contributed by atoms with van der Waals surface area (Å²) < 4.78 is 4.69. The first-order valence-corrected chi connectivity index (χ1v) is 7.18. The van der Waals surface area contributed by atoms with Crippen LogP contribution in [-0.4, -0.2) is 24.1 Å². The predicted molar refractivity (Wildman–Crippen MR) is 81.8 cm³/mol. The van der Waals surface area contributed by atoms with Gasteiger partial charge in [0.25, 0.3) is 0 Å². The summed E-state index contributed by atoms with van der Waals surface area (Å²) in [7, 11) is 1.34. The van der Waals surface area contributed by atoms with Gasteiger partial charge in [-0.1, -0.05) is 32.6 Å². The molecule has 0 fully saturated rings. The van der Waals surface area contributed by atoms with Gasteiger partial charge in [-0.25, -0.2) is 9.78 Å². The Labute approximate surface area is 120 Å². The molecule has 112 valence electrons. The first-order valence-electron chi connectivity index (χ1n) is 7.18. The van der Waals surface area contributed by atoms with E-state index in [1.54, 1.807) is 6.07 Å². The van der Waals surface area contributed by atoms with Crippen molar-refractivity contribution in [2.45, 2.75) is 52.0 Å².